The van der Waals surface area contributed by atoms with Crippen LogP contribution >= 0.6 is 0 Å². The van der Waals surface area contributed by atoms with E-state index in [-0.39, 0.29) is 5.60 Å². The maximum atomic E-state index is 6.13. The molecule has 16 heavy (non-hydrogen) atoms. The molecule has 0 aliphatic carbocycles. The molecular formula is C13H16N2O. The van der Waals surface area contributed by atoms with Gasteiger partial charge in [0.2, 0.25) is 0 Å². The zero-order valence-corrected chi connectivity index (χ0v) is 9.49. The molecule has 1 atom stereocenters. The van der Waals surface area contributed by atoms with Gasteiger partial charge >= 0.3 is 0 Å². The van der Waals surface area contributed by atoms with Crippen LogP contribution in [0.3, 0.4) is 0 Å². The highest BCUT2D eigenvalue weighted by Crippen LogP contribution is 2.37. The second kappa shape index (κ2) is 3.51. The van der Waals surface area contributed by atoms with Gasteiger partial charge in [-0.15, -0.1) is 0 Å². The van der Waals surface area contributed by atoms with Crippen molar-refractivity contribution in [3.63, 3.8) is 0 Å². The lowest BCUT2D eigenvalue weighted by Crippen LogP contribution is -2.48. The largest absolute Gasteiger partial charge is 0.479 e. The molecule has 0 aromatic heterocycles. The number of rotatable bonds is 2. The molecule has 1 aromatic rings. The van der Waals surface area contributed by atoms with Crippen LogP contribution in [0, 0.1) is 0 Å². The van der Waals surface area contributed by atoms with E-state index in [9.17, 15) is 0 Å². The van der Waals surface area contributed by atoms with E-state index in [4.69, 9.17) is 4.74 Å². The highest BCUT2D eigenvalue weighted by Gasteiger charge is 2.43. The second-order valence-electron chi connectivity index (χ2n) is 4.39. The summed E-state index contributed by atoms with van der Waals surface area (Å²) in [5.74, 6) is 2.05. The number of hydrogen-bond acceptors (Lipinski definition) is 3. The Morgan fingerprint density at radius 3 is 3.00 bits per heavy atom. The van der Waals surface area contributed by atoms with Crippen LogP contribution in [0.2, 0.25) is 0 Å². The first-order valence-corrected chi connectivity index (χ1v) is 5.90. The molecule has 2 heterocycles. The minimum atomic E-state index is -0.236. The van der Waals surface area contributed by atoms with Crippen molar-refractivity contribution >= 4 is 5.84 Å². The molecule has 1 aromatic carbocycles. The van der Waals surface area contributed by atoms with Crippen LogP contribution in [0.4, 0.5) is 0 Å². The monoisotopic (exact) mass is 216 g/mol. The van der Waals surface area contributed by atoms with Crippen molar-refractivity contribution in [2.75, 3.05) is 13.1 Å². The maximum Gasteiger partial charge on any atom is 0.169 e. The summed E-state index contributed by atoms with van der Waals surface area (Å²) in [5.41, 5.74) is 1.06. The molecule has 0 spiro atoms. The fourth-order valence-electron chi connectivity index (χ4n) is 2.50. The molecule has 0 saturated heterocycles. The summed E-state index contributed by atoms with van der Waals surface area (Å²) in [6.07, 6.45) is 1.89. The van der Waals surface area contributed by atoms with Crippen molar-refractivity contribution in [3.05, 3.63) is 29.8 Å². The Morgan fingerprint density at radius 1 is 1.44 bits per heavy atom. The predicted molar refractivity (Wildman–Crippen MR) is 64.1 cm³/mol. The van der Waals surface area contributed by atoms with Crippen LogP contribution in [-0.2, 0) is 6.42 Å². The van der Waals surface area contributed by atoms with Gasteiger partial charge in [-0.05, 0) is 18.1 Å². The summed E-state index contributed by atoms with van der Waals surface area (Å²) in [6.45, 7) is 3.97. The van der Waals surface area contributed by atoms with Gasteiger partial charge in [0, 0.05) is 13.0 Å². The molecule has 3 nitrogen and oxygen atoms in total. The first-order chi connectivity index (χ1) is 7.84. The average Bonchev–Trinajstić information content (AvgIpc) is 2.96. The van der Waals surface area contributed by atoms with Crippen molar-refractivity contribution in [2.24, 2.45) is 4.99 Å². The summed E-state index contributed by atoms with van der Waals surface area (Å²) in [7, 11) is 0. The molecule has 0 saturated carbocycles. The molecule has 0 amide bonds. The minimum Gasteiger partial charge on any atom is -0.479 e. The highest BCUT2D eigenvalue weighted by atomic mass is 16.5. The van der Waals surface area contributed by atoms with Crippen LogP contribution in [0.1, 0.15) is 18.9 Å². The van der Waals surface area contributed by atoms with Crippen LogP contribution in [-0.4, -0.2) is 24.5 Å². The molecule has 0 radical (unpaired) electrons. The number of nitrogens with zero attached hydrogens (tertiary/aromatic N) is 1. The Bertz CT molecular complexity index is 414. The fraction of sp³-hybridized carbons (Fsp3) is 0.462. The average molecular weight is 216 g/mol. The molecule has 0 fully saturated rings. The van der Waals surface area contributed by atoms with Crippen molar-refractivity contribution in [2.45, 2.75) is 25.4 Å². The van der Waals surface area contributed by atoms with Crippen LogP contribution in [0.15, 0.2) is 29.3 Å². The van der Waals surface area contributed by atoms with Crippen molar-refractivity contribution in [1.29, 1.82) is 0 Å². The molecule has 0 bridgehead atoms. The Balaban J connectivity index is 1.96. The summed E-state index contributed by atoms with van der Waals surface area (Å²) in [6, 6.07) is 8.27. The van der Waals surface area contributed by atoms with E-state index in [0.717, 1.165) is 37.5 Å². The Kier molecular flexibility index (Phi) is 2.13. The van der Waals surface area contributed by atoms with Gasteiger partial charge in [-0.3, -0.25) is 4.99 Å². The van der Waals surface area contributed by atoms with Crippen LogP contribution < -0.4 is 10.1 Å². The second-order valence-corrected chi connectivity index (χ2v) is 4.39. The summed E-state index contributed by atoms with van der Waals surface area (Å²) in [4.78, 5) is 4.52. The smallest absolute Gasteiger partial charge is 0.169 e. The minimum absolute atomic E-state index is 0.236. The Hall–Kier alpha value is -1.51. The predicted octanol–water partition coefficient (Wildman–Crippen LogP) is 1.77. The van der Waals surface area contributed by atoms with Gasteiger partial charge in [0.15, 0.2) is 5.60 Å². The number of para-hydroxylation sites is 1. The van der Waals surface area contributed by atoms with E-state index in [1.165, 1.54) is 5.56 Å². The van der Waals surface area contributed by atoms with Crippen molar-refractivity contribution in [1.82, 2.24) is 5.32 Å². The first kappa shape index (κ1) is 9.70. The molecule has 3 rings (SSSR count). The zero-order valence-electron chi connectivity index (χ0n) is 9.49. The molecule has 3 heteroatoms. The standard InChI is InChI=1S/C13H16N2O/c1-2-13(12-14-7-8-15-12)9-10-5-3-4-6-11(10)16-13/h3-6H,2,7-9H2,1H3,(H,14,15)/t13-/m0/s1. The molecule has 2 aliphatic rings. The topological polar surface area (TPSA) is 33.6 Å². The van der Waals surface area contributed by atoms with Gasteiger partial charge in [-0.2, -0.15) is 0 Å². The third-order valence-corrected chi connectivity index (χ3v) is 3.43. The summed E-state index contributed by atoms with van der Waals surface area (Å²) < 4.78 is 6.13. The highest BCUT2D eigenvalue weighted by molar-refractivity contribution is 5.93. The van der Waals surface area contributed by atoms with Crippen LogP contribution in [0.25, 0.3) is 0 Å². The van der Waals surface area contributed by atoms with Gasteiger partial charge in [0.1, 0.15) is 11.6 Å². The van der Waals surface area contributed by atoms with Gasteiger partial charge in [-0.1, -0.05) is 25.1 Å². The fourth-order valence-corrected chi connectivity index (χ4v) is 2.50. The number of aliphatic imine (C=N–C) groups is 1. The number of benzene rings is 1. The van der Waals surface area contributed by atoms with Crippen molar-refractivity contribution < 1.29 is 4.74 Å². The molecular weight excluding hydrogens is 200 g/mol. The van der Waals surface area contributed by atoms with E-state index in [1.54, 1.807) is 0 Å². The van der Waals surface area contributed by atoms with E-state index in [0.29, 0.717) is 0 Å². The van der Waals surface area contributed by atoms with Gasteiger partial charge in [-0.25, -0.2) is 0 Å². The van der Waals surface area contributed by atoms with E-state index in [2.05, 4.69) is 29.4 Å². The zero-order chi connectivity index (χ0) is 11.0. The number of nitrogens with one attached hydrogen (secondary N) is 1. The molecule has 2 aliphatic heterocycles. The number of ether oxygens (including phenoxy) is 1. The Labute approximate surface area is 95.5 Å². The first-order valence-electron chi connectivity index (χ1n) is 5.90. The van der Waals surface area contributed by atoms with E-state index < -0.39 is 0 Å². The number of amidine groups is 1. The lowest BCUT2D eigenvalue weighted by molar-refractivity contribution is 0.162. The van der Waals surface area contributed by atoms with Gasteiger partial charge in [0.25, 0.3) is 0 Å². The molecule has 0 unspecified atom stereocenters. The summed E-state index contributed by atoms with van der Waals surface area (Å²) >= 11 is 0. The van der Waals surface area contributed by atoms with E-state index in [1.807, 2.05) is 12.1 Å². The lowest BCUT2D eigenvalue weighted by atomic mass is 9.93. The Morgan fingerprint density at radius 2 is 2.31 bits per heavy atom. The number of fused-ring (bicyclic) bond motifs is 1. The van der Waals surface area contributed by atoms with E-state index >= 15 is 0 Å². The molecule has 1 N–H and O–H groups in total. The SMILES string of the molecule is CC[C@@]1(C2=NCCN2)Cc2ccccc2O1. The van der Waals surface area contributed by atoms with Crippen molar-refractivity contribution in [3.8, 4) is 5.75 Å². The maximum absolute atomic E-state index is 6.13. The number of hydrogen-bond donors (Lipinski definition) is 1. The third-order valence-electron chi connectivity index (χ3n) is 3.43. The third kappa shape index (κ3) is 1.31. The molecule has 84 valence electrons. The van der Waals surface area contributed by atoms with Gasteiger partial charge < -0.3 is 10.1 Å². The van der Waals surface area contributed by atoms with Crippen LogP contribution in [0.5, 0.6) is 5.75 Å². The normalized spacial score (nSPS) is 26.9. The van der Waals surface area contributed by atoms with Gasteiger partial charge in [0.05, 0.1) is 6.54 Å². The summed E-state index contributed by atoms with van der Waals surface area (Å²) in [5, 5.41) is 3.35. The lowest BCUT2D eigenvalue weighted by Gasteiger charge is -2.27. The quantitative estimate of drug-likeness (QED) is 0.817.